The minimum Gasteiger partial charge on any atom is -0.382 e. The fraction of sp³-hybridized carbons (Fsp3) is 1.00. The van der Waals surface area contributed by atoms with Gasteiger partial charge in [0.05, 0.1) is 12.7 Å². The fourth-order valence-electron chi connectivity index (χ4n) is 1.39. The van der Waals surface area contributed by atoms with Gasteiger partial charge in [0.25, 0.3) is 0 Å². The van der Waals surface area contributed by atoms with Gasteiger partial charge in [0.2, 0.25) is 0 Å². The van der Waals surface area contributed by atoms with Crippen molar-refractivity contribution in [3.8, 4) is 0 Å². The van der Waals surface area contributed by atoms with E-state index in [0.29, 0.717) is 12.6 Å². The molecule has 1 fully saturated rings. The summed E-state index contributed by atoms with van der Waals surface area (Å²) in [6, 6.07) is 0.680. The van der Waals surface area contributed by atoms with Crippen LogP contribution in [0.3, 0.4) is 0 Å². The Hall–Kier alpha value is 0.230. The Labute approximate surface area is 84.6 Å². The summed E-state index contributed by atoms with van der Waals surface area (Å²) in [6.07, 6.45) is 1.48. The smallest absolute Gasteiger partial charge is 0.0928 e. The zero-order chi connectivity index (χ0) is 9.52. The van der Waals surface area contributed by atoms with Gasteiger partial charge in [-0.15, -0.1) is 0 Å². The van der Waals surface area contributed by atoms with Crippen LogP contribution in [-0.4, -0.2) is 51.0 Å². The highest BCUT2D eigenvalue weighted by atomic mass is 32.2. The molecule has 3 nitrogen and oxygen atoms in total. The average molecular weight is 205 g/mol. The molecule has 1 aliphatic rings. The number of hydrogen-bond donors (Lipinski definition) is 1. The fourth-order valence-corrected chi connectivity index (χ4v) is 2.58. The van der Waals surface area contributed by atoms with Crippen molar-refractivity contribution in [2.45, 2.75) is 18.6 Å². The second-order valence-corrected chi connectivity index (χ2v) is 4.43. The molecule has 13 heavy (non-hydrogen) atoms. The summed E-state index contributed by atoms with van der Waals surface area (Å²) >= 11 is 2.02. The van der Waals surface area contributed by atoms with Crippen LogP contribution in [0.5, 0.6) is 0 Å². The van der Waals surface area contributed by atoms with Crippen molar-refractivity contribution < 1.29 is 9.47 Å². The summed E-state index contributed by atoms with van der Waals surface area (Å²) in [6.45, 7) is 1.57. The van der Waals surface area contributed by atoms with Crippen molar-refractivity contribution in [3.63, 3.8) is 0 Å². The molecule has 0 bridgehead atoms. The van der Waals surface area contributed by atoms with Crippen molar-refractivity contribution in [3.05, 3.63) is 0 Å². The highest BCUT2D eigenvalue weighted by molar-refractivity contribution is 7.99. The molecule has 78 valence electrons. The molecule has 0 aromatic carbocycles. The Morgan fingerprint density at radius 3 is 2.92 bits per heavy atom. The molecule has 0 aliphatic carbocycles. The second-order valence-electron chi connectivity index (χ2n) is 3.28. The number of thioether (sulfide) groups is 1. The van der Waals surface area contributed by atoms with E-state index in [-0.39, 0.29) is 6.10 Å². The topological polar surface area (TPSA) is 30.5 Å². The van der Waals surface area contributed by atoms with Gasteiger partial charge < -0.3 is 14.8 Å². The lowest BCUT2D eigenvalue weighted by atomic mass is 10.2. The van der Waals surface area contributed by atoms with Crippen LogP contribution in [-0.2, 0) is 9.47 Å². The van der Waals surface area contributed by atoms with Crippen LogP contribution in [0.15, 0.2) is 0 Å². The number of hydrogen-bond acceptors (Lipinski definition) is 4. The normalized spacial score (nSPS) is 24.9. The Balaban J connectivity index is 2.07. The first-order valence-corrected chi connectivity index (χ1v) is 5.85. The van der Waals surface area contributed by atoms with Crippen molar-refractivity contribution in [2.75, 3.05) is 38.9 Å². The van der Waals surface area contributed by atoms with Gasteiger partial charge in [-0.2, -0.15) is 11.8 Å². The quantitative estimate of drug-likeness (QED) is 0.693. The Morgan fingerprint density at radius 1 is 1.54 bits per heavy atom. The molecule has 2 unspecified atom stereocenters. The van der Waals surface area contributed by atoms with Crippen LogP contribution in [0, 0.1) is 0 Å². The van der Waals surface area contributed by atoms with Crippen LogP contribution >= 0.6 is 11.8 Å². The van der Waals surface area contributed by atoms with Gasteiger partial charge in [-0.25, -0.2) is 0 Å². The molecule has 2 atom stereocenters. The number of ether oxygens (including phenoxy) is 2. The van der Waals surface area contributed by atoms with Crippen LogP contribution in [0.25, 0.3) is 0 Å². The third kappa shape index (κ3) is 4.31. The van der Waals surface area contributed by atoms with Gasteiger partial charge in [0, 0.05) is 32.6 Å². The molecule has 1 N–H and O–H groups in total. The highest BCUT2D eigenvalue weighted by Gasteiger charge is 2.16. The first-order valence-electron chi connectivity index (χ1n) is 4.69. The molecule has 1 rings (SSSR count). The summed E-state index contributed by atoms with van der Waals surface area (Å²) in [5, 5.41) is 3.49. The van der Waals surface area contributed by atoms with E-state index >= 15 is 0 Å². The lowest BCUT2D eigenvalue weighted by Crippen LogP contribution is -2.38. The van der Waals surface area contributed by atoms with E-state index in [2.05, 4.69) is 5.32 Å². The molecule has 1 heterocycles. The molecule has 0 saturated carbocycles. The minimum atomic E-state index is 0.190. The lowest BCUT2D eigenvalue weighted by molar-refractivity contribution is 0.0278. The third-order valence-electron chi connectivity index (χ3n) is 2.25. The molecular weight excluding hydrogens is 186 g/mol. The molecule has 0 spiro atoms. The Kier molecular flexibility index (Phi) is 5.78. The maximum Gasteiger partial charge on any atom is 0.0928 e. The summed E-state index contributed by atoms with van der Waals surface area (Å²) < 4.78 is 10.3. The molecule has 0 aromatic heterocycles. The van der Waals surface area contributed by atoms with E-state index in [1.807, 2.05) is 11.8 Å². The maximum atomic E-state index is 5.26. The van der Waals surface area contributed by atoms with E-state index < -0.39 is 0 Å². The van der Waals surface area contributed by atoms with Crippen molar-refractivity contribution in [1.82, 2.24) is 5.32 Å². The van der Waals surface area contributed by atoms with Crippen LogP contribution in [0.4, 0.5) is 0 Å². The van der Waals surface area contributed by atoms with Crippen LogP contribution in [0.2, 0.25) is 0 Å². The molecule has 0 amide bonds. The molecule has 0 aromatic rings. The van der Waals surface area contributed by atoms with Crippen molar-refractivity contribution >= 4 is 11.8 Å². The van der Waals surface area contributed by atoms with Crippen LogP contribution in [0.1, 0.15) is 6.42 Å². The third-order valence-corrected chi connectivity index (χ3v) is 3.41. The maximum absolute atomic E-state index is 5.26. The van der Waals surface area contributed by atoms with E-state index in [1.165, 1.54) is 17.9 Å². The predicted octanol–water partition coefficient (Wildman–Crippen LogP) is 0.743. The van der Waals surface area contributed by atoms with Gasteiger partial charge in [0.15, 0.2) is 0 Å². The number of rotatable bonds is 6. The van der Waals surface area contributed by atoms with Crippen molar-refractivity contribution in [1.29, 1.82) is 0 Å². The van der Waals surface area contributed by atoms with Gasteiger partial charge in [0.1, 0.15) is 0 Å². The molecule has 0 radical (unpaired) electrons. The molecular formula is C9H19NO2S. The predicted molar refractivity (Wildman–Crippen MR) is 56.4 cm³/mol. The molecule has 4 heteroatoms. The number of nitrogens with one attached hydrogen (secondary N) is 1. The largest absolute Gasteiger partial charge is 0.382 e. The standard InChI is InChI=1S/C9H19NO2S/c1-11-6-9(12-2)5-10-8-3-4-13-7-8/h8-10H,3-7H2,1-2H3. The summed E-state index contributed by atoms with van der Waals surface area (Å²) in [5.74, 6) is 2.53. The summed E-state index contributed by atoms with van der Waals surface area (Å²) in [7, 11) is 3.44. The lowest BCUT2D eigenvalue weighted by Gasteiger charge is -2.17. The average Bonchev–Trinajstić information content (AvgIpc) is 2.64. The van der Waals surface area contributed by atoms with E-state index in [9.17, 15) is 0 Å². The molecule has 1 aliphatic heterocycles. The Morgan fingerprint density at radius 2 is 2.38 bits per heavy atom. The van der Waals surface area contributed by atoms with Gasteiger partial charge in [-0.3, -0.25) is 0 Å². The zero-order valence-electron chi connectivity index (χ0n) is 8.41. The second kappa shape index (κ2) is 6.65. The highest BCUT2D eigenvalue weighted by Crippen LogP contribution is 2.16. The SMILES string of the molecule is COCC(CNC1CCSC1)OC. The first-order chi connectivity index (χ1) is 6.36. The Bertz CT molecular complexity index is 129. The monoisotopic (exact) mass is 205 g/mol. The first kappa shape index (κ1) is 11.3. The van der Waals surface area contributed by atoms with E-state index in [1.54, 1.807) is 14.2 Å². The van der Waals surface area contributed by atoms with Crippen LogP contribution < -0.4 is 5.32 Å². The van der Waals surface area contributed by atoms with Crippen molar-refractivity contribution in [2.24, 2.45) is 0 Å². The van der Waals surface area contributed by atoms with Gasteiger partial charge >= 0.3 is 0 Å². The minimum absolute atomic E-state index is 0.190. The van der Waals surface area contributed by atoms with E-state index in [4.69, 9.17) is 9.47 Å². The summed E-state index contributed by atoms with van der Waals surface area (Å²) in [4.78, 5) is 0. The van der Waals surface area contributed by atoms with Gasteiger partial charge in [-0.1, -0.05) is 0 Å². The van der Waals surface area contributed by atoms with Gasteiger partial charge in [-0.05, 0) is 12.2 Å². The van der Waals surface area contributed by atoms with E-state index in [0.717, 1.165) is 6.54 Å². The number of methoxy groups -OCH3 is 2. The molecule has 1 saturated heterocycles. The summed E-state index contributed by atoms with van der Waals surface area (Å²) in [5.41, 5.74) is 0. The zero-order valence-corrected chi connectivity index (χ0v) is 9.23.